The molecule has 31 heavy (non-hydrogen) atoms. The Labute approximate surface area is 190 Å². The maximum absolute atomic E-state index is 12.3. The molecule has 0 aliphatic rings. The number of hydrogen-bond donors (Lipinski definition) is 1. The number of carbonyl (C=O) groups is 1. The Morgan fingerprint density at radius 1 is 1.06 bits per heavy atom. The van der Waals surface area contributed by atoms with Gasteiger partial charge in [0.15, 0.2) is 6.10 Å². The van der Waals surface area contributed by atoms with Gasteiger partial charge in [-0.25, -0.2) is 5.43 Å². The first-order chi connectivity index (χ1) is 15.1. The van der Waals surface area contributed by atoms with Crippen molar-refractivity contribution >= 4 is 28.1 Å². The summed E-state index contributed by atoms with van der Waals surface area (Å²) in [5, 5.41) is 4.05. The lowest BCUT2D eigenvalue weighted by Gasteiger charge is -2.14. The largest absolute Gasteiger partial charge is 0.497 e. The van der Waals surface area contributed by atoms with Crippen molar-refractivity contribution in [1.82, 2.24) is 5.43 Å². The lowest BCUT2D eigenvalue weighted by Crippen LogP contribution is -2.33. The van der Waals surface area contributed by atoms with Crippen LogP contribution >= 0.6 is 15.9 Å². The van der Waals surface area contributed by atoms with Gasteiger partial charge in [0.25, 0.3) is 5.91 Å². The minimum atomic E-state index is -0.713. The minimum absolute atomic E-state index is 0.359. The van der Waals surface area contributed by atoms with Crippen LogP contribution in [0.3, 0.4) is 0 Å². The third-order valence-electron chi connectivity index (χ3n) is 4.34. The molecule has 0 spiro atoms. The van der Waals surface area contributed by atoms with Crippen LogP contribution in [0.1, 0.15) is 18.1 Å². The first kappa shape index (κ1) is 22.4. The number of benzene rings is 3. The lowest BCUT2D eigenvalue weighted by atomic mass is 10.2. The molecule has 0 radical (unpaired) electrons. The second-order valence-corrected chi connectivity index (χ2v) is 7.46. The molecule has 3 rings (SSSR count). The summed E-state index contributed by atoms with van der Waals surface area (Å²) in [4.78, 5) is 12.3. The molecule has 7 heteroatoms. The van der Waals surface area contributed by atoms with E-state index in [0.29, 0.717) is 18.1 Å². The molecule has 0 aromatic heterocycles. The van der Waals surface area contributed by atoms with Crippen LogP contribution < -0.4 is 19.6 Å². The van der Waals surface area contributed by atoms with Crippen molar-refractivity contribution in [2.75, 3.05) is 7.11 Å². The number of para-hydroxylation sites is 2. The number of rotatable bonds is 9. The summed E-state index contributed by atoms with van der Waals surface area (Å²) >= 11 is 3.40. The van der Waals surface area contributed by atoms with Crippen molar-refractivity contribution in [2.24, 2.45) is 5.10 Å². The highest BCUT2D eigenvalue weighted by molar-refractivity contribution is 9.10. The zero-order valence-electron chi connectivity index (χ0n) is 17.2. The molecule has 0 heterocycles. The second-order valence-electron chi connectivity index (χ2n) is 6.60. The summed E-state index contributed by atoms with van der Waals surface area (Å²) in [6, 6.07) is 22.5. The van der Waals surface area contributed by atoms with Crippen molar-refractivity contribution in [1.29, 1.82) is 0 Å². The highest BCUT2D eigenvalue weighted by atomic mass is 79.9. The van der Waals surface area contributed by atoms with Crippen molar-refractivity contribution in [3.05, 3.63) is 88.4 Å². The third-order valence-corrected chi connectivity index (χ3v) is 4.99. The highest BCUT2D eigenvalue weighted by Crippen LogP contribution is 2.25. The van der Waals surface area contributed by atoms with Gasteiger partial charge in [-0.05, 0) is 64.8 Å². The first-order valence-electron chi connectivity index (χ1n) is 9.65. The first-order valence-corrected chi connectivity index (χ1v) is 10.4. The summed E-state index contributed by atoms with van der Waals surface area (Å²) in [7, 11) is 1.63. The summed E-state index contributed by atoms with van der Waals surface area (Å²) in [5.74, 6) is 1.66. The number of amides is 1. The molecule has 1 amide bonds. The summed E-state index contributed by atoms with van der Waals surface area (Å²) < 4.78 is 17.6. The number of nitrogens with one attached hydrogen (secondary N) is 1. The van der Waals surface area contributed by atoms with Crippen LogP contribution in [-0.2, 0) is 11.4 Å². The number of methoxy groups -OCH3 is 1. The van der Waals surface area contributed by atoms with Crippen LogP contribution in [0.5, 0.6) is 17.2 Å². The van der Waals surface area contributed by atoms with Gasteiger partial charge < -0.3 is 14.2 Å². The van der Waals surface area contributed by atoms with Gasteiger partial charge in [0.05, 0.1) is 17.8 Å². The molecular formula is C24H23BrN2O4. The average Bonchev–Trinajstić information content (AvgIpc) is 2.80. The van der Waals surface area contributed by atoms with Crippen LogP contribution in [0.15, 0.2) is 82.4 Å². The van der Waals surface area contributed by atoms with Gasteiger partial charge in [0, 0.05) is 5.56 Å². The molecule has 1 N–H and O–H groups in total. The minimum Gasteiger partial charge on any atom is -0.497 e. The lowest BCUT2D eigenvalue weighted by molar-refractivity contribution is -0.127. The van der Waals surface area contributed by atoms with Crippen LogP contribution in [0, 0.1) is 0 Å². The maximum Gasteiger partial charge on any atom is 0.280 e. The van der Waals surface area contributed by atoms with Gasteiger partial charge in [-0.1, -0.05) is 36.4 Å². The Kier molecular flexibility index (Phi) is 8.06. The van der Waals surface area contributed by atoms with Crippen molar-refractivity contribution in [3.63, 3.8) is 0 Å². The standard InChI is InChI=1S/C24H23BrN2O4/c1-17(31-23-13-6-4-11-21(23)25)24(28)27-26-15-19-9-3-5-12-22(19)30-16-18-8-7-10-20(14-18)29-2/h3-15,17H,16H2,1-2H3,(H,27,28)/b26-15-/t17-/m0/s1. The topological polar surface area (TPSA) is 69.2 Å². The van der Waals surface area contributed by atoms with E-state index in [9.17, 15) is 4.79 Å². The molecule has 0 fully saturated rings. The number of hydrazone groups is 1. The Balaban J connectivity index is 1.58. The fourth-order valence-electron chi connectivity index (χ4n) is 2.68. The number of ether oxygens (including phenoxy) is 3. The van der Waals surface area contributed by atoms with E-state index in [1.54, 1.807) is 26.3 Å². The normalized spacial score (nSPS) is 11.7. The summed E-state index contributed by atoms with van der Waals surface area (Å²) in [6.45, 7) is 2.04. The molecule has 0 saturated carbocycles. The smallest absolute Gasteiger partial charge is 0.280 e. The van der Waals surface area contributed by atoms with E-state index < -0.39 is 6.10 Å². The van der Waals surface area contributed by atoms with Crippen LogP contribution in [0.4, 0.5) is 0 Å². The van der Waals surface area contributed by atoms with Crippen molar-refractivity contribution in [2.45, 2.75) is 19.6 Å². The molecule has 0 bridgehead atoms. The number of nitrogens with zero attached hydrogens (tertiary/aromatic N) is 1. The fraction of sp³-hybridized carbons (Fsp3) is 0.167. The van der Waals surface area contributed by atoms with Crippen LogP contribution in [-0.4, -0.2) is 25.3 Å². The van der Waals surface area contributed by atoms with Gasteiger partial charge in [-0.15, -0.1) is 0 Å². The Morgan fingerprint density at radius 3 is 2.58 bits per heavy atom. The molecule has 3 aromatic carbocycles. The quantitative estimate of drug-likeness (QED) is 0.345. The molecule has 0 saturated heterocycles. The van der Waals surface area contributed by atoms with Gasteiger partial charge in [-0.2, -0.15) is 5.10 Å². The van der Waals surface area contributed by atoms with Gasteiger partial charge in [0.2, 0.25) is 0 Å². The highest BCUT2D eigenvalue weighted by Gasteiger charge is 2.15. The van der Waals surface area contributed by atoms with E-state index in [1.165, 1.54) is 0 Å². The van der Waals surface area contributed by atoms with E-state index in [4.69, 9.17) is 14.2 Å². The van der Waals surface area contributed by atoms with E-state index in [-0.39, 0.29) is 5.91 Å². The number of hydrogen-bond acceptors (Lipinski definition) is 5. The predicted octanol–water partition coefficient (Wildman–Crippen LogP) is 4.95. The van der Waals surface area contributed by atoms with Gasteiger partial charge >= 0.3 is 0 Å². The van der Waals surface area contributed by atoms with E-state index >= 15 is 0 Å². The Morgan fingerprint density at radius 2 is 1.81 bits per heavy atom. The van der Waals surface area contributed by atoms with Crippen LogP contribution in [0.25, 0.3) is 0 Å². The number of carbonyl (C=O) groups excluding carboxylic acids is 1. The molecule has 1 atom stereocenters. The summed E-state index contributed by atoms with van der Waals surface area (Å²) in [5.41, 5.74) is 4.23. The molecule has 6 nitrogen and oxygen atoms in total. The van der Waals surface area contributed by atoms with Crippen molar-refractivity contribution in [3.8, 4) is 17.2 Å². The number of halogens is 1. The van der Waals surface area contributed by atoms with Crippen molar-refractivity contribution < 1.29 is 19.0 Å². The van der Waals surface area contributed by atoms with E-state index in [2.05, 4.69) is 26.5 Å². The Hall–Kier alpha value is -3.32. The monoisotopic (exact) mass is 482 g/mol. The molecule has 160 valence electrons. The zero-order chi connectivity index (χ0) is 22.1. The average molecular weight is 483 g/mol. The third kappa shape index (κ3) is 6.58. The predicted molar refractivity (Wildman–Crippen MR) is 124 cm³/mol. The van der Waals surface area contributed by atoms with E-state index in [0.717, 1.165) is 21.3 Å². The fourth-order valence-corrected chi connectivity index (χ4v) is 3.06. The molecule has 0 unspecified atom stereocenters. The molecule has 3 aromatic rings. The molecule has 0 aliphatic carbocycles. The molecule has 0 aliphatic heterocycles. The second kappa shape index (κ2) is 11.2. The SMILES string of the molecule is COc1cccc(COc2ccccc2/C=N\NC(=O)[C@H](C)Oc2ccccc2Br)c1. The van der Waals surface area contributed by atoms with Gasteiger partial charge in [0.1, 0.15) is 23.9 Å². The zero-order valence-corrected chi connectivity index (χ0v) is 18.8. The van der Waals surface area contributed by atoms with Gasteiger partial charge in [-0.3, -0.25) is 4.79 Å². The summed E-state index contributed by atoms with van der Waals surface area (Å²) in [6.07, 6.45) is 0.833. The van der Waals surface area contributed by atoms with Crippen LogP contribution in [0.2, 0.25) is 0 Å². The molecular weight excluding hydrogens is 460 g/mol. The Bertz CT molecular complexity index is 1060. The maximum atomic E-state index is 12.3. The van der Waals surface area contributed by atoms with E-state index in [1.807, 2.05) is 66.7 Å².